The van der Waals surface area contributed by atoms with Crippen LogP contribution in [-0.4, -0.2) is 27.8 Å². The van der Waals surface area contributed by atoms with Gasteiger partial charge in [0.2, 0.25) is 0 Å². The number of benzene rings is 1. The number of aryl methyl sites for hydroxylation is 1. The van der Waals surface area contributed by atoms with E-state index in [2.05, 4.69) is 5.10 Å². The summed E-state index contributed by atoms with van der Waals surface area (Å²) in [7, 11) is 3.35. The maximum absolute atomic E-state index is 12.4. The summed E-state index contributed by atoms with van der Waals surface area (Å²) in [6.45, 7) is 0. The van der Waals surface area contributed by atoms with E-state index in [0.717, 1.165) is 23.3 Å². The third-order valence-electron chi connectivity index (χ3n) is 3.77. The second-order valence-corrected chi connectivity index (χ2v) is 5.06. The number of rotatable bonds is 2. The van der Waals surface area contributed by atoms with Gasteiger partial charge in [-0.15, -0.1) is 0 Å². The Morgan fingerprint density at radius 1 is 1.38 bits per heavy atom. The van der Waals surface area contributed by atoms with Gasteiger partial charge in [-0.1, -0.05) is 6.07 Å². The molecular weight excluding hydrogens is 268 g/mol. The number of ketones is 1. The number of allylic oxidation sites excluding steroid dienone is 1. The highest BCUT2D eigenvalue weighted by Gasteiger charge is 2.24. The molecule has 1 aliphatic carbocycles. The number of hydrogen-bond donors (Lipinski definition) is 1. The zero-order valence-corrected chi connectivity index (χ0v) is 12.0. The molecule has 2 aromatic rings. The zero-order chi connectivity index (χ0) is 15.0. The molecule has 1 N–H and O–H groups in total. The summed E-state index contributed by atoms with van der Waals surface area (Å²) in [5, 5.41) is 13.9. The van der Waals surface area contributed by atoms with E-state index in [1.165, 1.54) is 7.11 Å². The molecule has 1 heterocycles. The highest BCUT2D eigenvalue weighted by Crippen LogP contribution is 2.30. The molecule has 5 heteroatoms. The van der Waals surface area contributed by atoms with Crippen molar-refractivity contribution in [3.63, 3.8) is 0 Å². The number of carbonyl (C=O) groups excluding carboxylic acids is 1. The molecule has 0 atom stereocenters. The maximum atomic E-state index is 12.4. The van der Waals surface area contributed by atoms with E-state index in [1.54, 1.807) is 23.0 Å². The van der Waals surface area contributed by atoms with Gasteiger partial charge in [0.15, 0.2) is 17.3 Å². The van der Waals surface area contributed by atoms with Gasteiger partial charge in [0.1, 0.15) is 0 Å². The minimum atomic E-state index is 0.0136. The van der Waals surface area contributed by atoms with Gasteiger partial charge in [0.05, 0.1) is 18.9 Å². The van der Waals surface area contributed by atoms with Gasteiger partial charge >= 0.3 is 0 Å². The van der Waals surface area contributed by atoms with Crippen LogP contribution in [0.2, 0.25) is 0 Å². The molecule has 0 amide bonds. The SMILES string of the molecule is COc1ccc(/C=C2/CCc3c(cnn3C)C2=O)cc1O. The van der Waals surface area contributed by atoms with Gasteiger partial charge in [0, 0.05) is 18.3 Å². The first-order valence-electron chi connectivity index (χ1n) is 6.73. The number of nitrogens with zero attached hydrogens (tertiary/aromatic N) is 2. The van der Waals surface area contributed by atoms with Crippen molar-refractivity contribution in [1.82, 2.24) is 9.78 Å². The minimum Gasteiger partial charge on any atom is -0.504 e. The maximum Gasteiger partial charge on any atom is 0.192 e. The van der Waals surface area contributed by atoms with Crippen molar-refractivity contribution >= 4 is 11.9 Å². The number of methoxy groups -OCH3 is 1. The van der Waals surface area contributed by atoms with Crippen LogP contribution in [0.5, 0.6) is 11.5 Å². The molecule has 0 spiro atoms. The molecular formula is C16H16N2O3. The number of fused-ring (bicyclic) bond motifs is 1. The van der Waals surface area contributed by atoms with Crippen molar-refractivity contribution in [2.75, 3.05) is 7.11 Å². The van der Waals surface area contributed by atoms with Crippen LogP contribution in [-0.2, 0) is 13.5 Å². The number of carbonyl (C=O) groups is 1. The molecule has 3 rings (SSSR count). The van der Waals surface area contributed by atoms with Gasteiger partial charge in [-0.2, -0.15) is 5.10 Å². The largest absolute Gasteiger partial charge is 0.504 e. The van der Waals surface area contributed by atoms with Crippen molar-refractivity contribution in [2.24, 2.45) is 7.05 Å². The average molecular weight is 284 g/mol. The summed E-state index contributed by atoms with van der Waals surface area (Å²) >= 11 is 0. The molecule has 21 heavy (non-hydrogen) atoms. The van der Waals surface area contributed by atoms with Crippen LogP contribution in [0, 0.1) is 0 Å². The van der Waals surface area contributed by atoms with E-state index in [-0.39, 0.29) is 11.5 Å². The van der Waals surface area contributed by atoms with Crippen LogP contribution in [0.15, 0.2) is 30.0 Å². The topological polar surface area (TPSA) is 64.4 Å². The summed E-state index contributed by atoms with van der Waals surface area (Å²) in [5.41, 5.74) is 3.17. The Hall–Kier alpha value is -2.56. The van der Waals surface area contributed by atoms with Gasteiger partial charge in [0.25, 0.3) is 0 Å². The zero-order valence-electron chi connectivity index (χ0n) is 12.0. The van der Waals surface area contributed by atoms with Crippen LogP contribution in [0.1, 0.15) is 28.0 Å². The fraction of sp³-hybridized carbons (Fsp3) is 0.250. The predicted molar refractivity (Wildman–Crippen MR) is 78.5 cm³/mol. The summed E-state index contributed by atoms with van der Waals surface area (Å²) in [4.78, 5) is 12.4. The average Bonchev–Trinajstić information content (AvgIpc) is 2.84. The molecule has 0 radical (unpaired) electrons. The normalized spacial score (nSPS) is 16.1. The lowest BCUT2D eigenvalue weighted by Crippen LogP contribution is -2.14. The van der Waals surface area contributed by atoms with E-state index in [0.29, 0.717) is 17.7 Å². The number of phenols is 1. The highest BCUT2D eigenvalue weighted by atomic mass is 16.5. The Morgan fingerprint density at radius 3 is 2.90 bits per heavy atom. The molecule has 0 aliphatic heterocycles. The molecule has 5 nitrogen and oxygen atoms in total. The van der Waals surface area contributed by atoms with Gasteiger partial charge in [-0.25, -0.2) is 0 Å². The number of hydrogen-bond acceptors (Lipinski definition) is 4. The molecule has 1 aromatic carbocycles. The Morgan fingerprint density at radius 2 is 2.19 bits per heavy atom. The smallest absolute Gasteiger partial charge is 0.192 e. The number of Topliss-reactive ketones (excluding diaryl/α,β-unsaturated/α-hetero) is 1. The molecule has 0 saturated carbocycles. The van der Waals surface area contributed by atoms with Gasteiger partial charge in [-0.3, -0.25) is 9.48 Å². The number of phenolic OH excluding ortho intramolecular Hbond substituents is 1. The molecule has 0 bridgehead atoms. The molecule has 0 fully saturated rings. The highest BCUT2D eigenvalue weighted by molar-refractivity contribution is 6.12. The Balaban J connectivity index is 1.94. The van der Waals surface area contributed by atoms with Gasteiger partial charge < -0.3 is 9.84 Å². The number of aromatic hydroxyl groups is 1. The van der Waals surface area contributed by atoms with Crippen LogP contribution in [0.4, 0.5) is 0 Å². The third kappa shape index (κ3) is 2.31. The van der Waals surface area contributed by atoms with Crippen molar-refractivity contribution in [3.05, 3.63) is 46.8 Å². The first-order valence-corrected chi connectivity index (χ1v) is 6.73. The molecule has 108 valence electrons. The van der Waals surface area contributed by atoms with E-state index >= 15 is 0 Å². The van der Waals surface area contributed by atoms with Crippen molar-refractivity contribution in [2.45, 2.75) is 12.8 Å². The molecule has 0 unspecified atom stereocenters. The van der Waals surface area contributed by atoms with Crippen molar-refractivity contribution in [1.29, 1.82) is 0 Å². The van der Waals surface area contributed by atoms with Crippen molar-refractivity contribution in [3.8, 4) is 11.5 Å². The first-order chi connectivity index (χ1) is 10.1. The number of aromatic nitrogens is 2. The Labute approximate surface area is 122 Å². The van der Waals surface area contributed by atoms with E-state index < -0.39 is 0 Å². The fourth-order valence-corrected chi connectivity index (χ4v) is 2.62. The first kappa shape index (κ1) is 13.4. The lowest BCUT2D eigenvalue weighted by molar-refractivity contribution is 0.102. The van der Waals surface area contributed by atoms with E-state index in [1.807, 2.05) is 19.2 Å². The fourth-order valence-electron chi connectivity index (χ4n) is 2.62. The Kier molecular flexibility index (Phi) is 3.25. The molecule has 1 aromatic heterocycles. The second kappa shape index (κ2) is 5.09. The molecule has 1 aliphatic rings. The lowest BCUT2D eigenvalue weighted by atomic mass is 9.90. The lowest BCUT2D eigenvalue weighted by Gasteiger charge is -2.14. The monoisotopic (exact) mass is 284 g/mol. The van der Waals surface area contributed by atoms with Crippen LogP contribution >= 0.6 is 0 Å². The van der Waals surface area contributed by atoms with Gasteiger partial charge in [-0.05, 0) is 36.6 Å². The predicted octanol–water partition coefficient (Wildman–Crippen LogP) is 2.35. The number of ether oxygens (including phenoxy) is 1. The van der Waals surface area contributed by atoms with E-state index in [4.69, 9.17) is 4.74 Å². The Bertz CT molecular complexity index is 744. The molecule has 0 saturated heterocycles. The summed E-state index contributed by atoms with van der Waals surface area (Å²) in [6, 6.07) is 5.10. The van der Waals surface area contributed by atoms with Crippen molar-refractivity contribution < 1.29 is 14.6 Å². The summed E-state index contributed by atoms with van der Waals surface area (Å²) in [6.07, 6.45) is 4.91. The van der Waals surface area contributed by atoms with Crippen LogP contribution in [0.25, 0.3) is 6.08 Å². The quantitative estimate of drug-likeness (QED) is 0.860. The summed E-state index contributed by atoms with van der Waals surface area (Å²) < 4.78 is 6.76. The second-order valence-electron chi connectivity index (χ2n) is 5.06. The third-order valence-corrected chi connectivity index (χ3v) is 3.77. The van der Waals surface area contributed by atoms with Crippen LogP contribution in [0.3, 0.4) is 0 Å². The summed E-state index contributed by atoms with van der Waals surface area (Å²) in [5.74, 6) is 0.499. The van der Waals surface area contributed by atoms with E-state index in [9.17, 15) is 9.90 Å². The van der Waals surface area contributed by atoms with Crippen LogP contribution < -0.4 is 4.74 Å². The standard InChI is InChI=1S/C16H16N2O3/c1-18-13-5-4-11(16(20)12(13)9-17-18)7-10-3-6-15(21-2)14(19)8-10/h3,6-9,19H,4-5H2,1-2H3/b11-7-. The minimum absolute atomic E-state index is 0.0136.